The van der Waals surface area contributed by atoms with Gasteiger partial charge >= 0.3 is 6.18 Å². The minimum Gasteiger partial charge on any atom is -0.486 e. The van der Waals surface area contributed by atoms with Crippen LogP contribution in [0.25, 0.3) is 0 Å². The molecule has 0 bridgehead atoms. The van der Waals surface area contributed by atoms with Gasteiger partial charge in [-0.3, -0.25) is 9.10 Å². The van der Waals surface area contributed by atoms with E-state index in [1.54, 1.807) is 0 Å². The molecule has 0 fully saturated rings. The lowest BCUT2D eigenvalue weighted by molar-refractivity contribution is -0.137. The smallest absolute Gasteiger partial charge is 0.416 e. The minimum atomic E-state index is -4.64. The molecule has 1 amide bonds. The number of benzene rings is 2. The first-order valence-corrected chi connectivity index (χ1v) is 11.2. The number of sulfonamides is 1. The number of nitrogens with zero attached hydrogens (tertiary/aromatic N) is 1. The number of hydrogen-bond donors (Lipinski definition) is 1. The van der Waals surface area contributed by atoms with Crippen LogP contribution >= 0.6 is 11.6 Å². The largest absolute Gasteiger partial charge is 0.486 e. The molecule has 0 spiro atoms. The molecule has 0 radical (unpaired) electrons. The van der Waals surface area contributed by atoms with Gasteiger partial charge in [-0.2, -0.15) is 13.2 Å². The number of anilines is 2. The maximum absolute atomic E-state index is 13.0. The van der Waals surface area contributed by atoms with E-state index in [-0.39, 0.29) is 23.0 Å². The third kappa shape index (κ3) is 5.16. The minimum absolute atomic E-state index is 0.126. The summed E-state index contributed by atoms with van der Waals surface area (Å²) < 4.78 is 75.5. The molecule has 1 aliphatic heterocycles. The fraction of sp³-hybridized carbons (Fsp3) is 0.316. The van der Waals surface area contributed by atoms with E-state index in [2.05, 4.69) is 5.32 Å². The molecule has 0 saturated heterocycles. The molecule has 3 rings (SSSR count). The monoisotopic (exact) mass is 478 g/mol. The van der Waals surface area contributed by atoms with Crippen LogP contribution in [0.5, 0.6) is 11.5 Å². The van der Waals surface area contributed by atoms with Gasteiger partial charge in [0.05, 0.1) is 28.2 Å². The van der Waals surface area contributed by atoms with Crippen molar-refractivity contribution in [1.82, 2.24) is 0 Å². The zero-order valence-electron chi connectivity index (χ0n) is 16.4. The number of carbonyl (C=O) groups is 1. The van der Waals surface area contributed by atoms with E-state index >= 15 is 0 Å². The van der Waals surface area contributed by atoms with Crippen molar-refractivity contribution in [3.63, 3.8) is 0 Å². The summed E-state index contributed by atoms with van der Waals surface area (Å²) in [5.74, 6) is -0.135. The number of carbonyl (C=O) groups excluding carboxylic acids is 1. The van der Waals surface area contributed by atoms with Crippen molar-refractivity contribution in [3.8, 4) is 11.5 Å². The van der Waals surface area contributed by atoms with Gasteiger partial charge in [0.2, 0.25) is 15.9 Å². The SMILES string of the molecule is C[C@H](C(=O)Nc1cc(C(F)(F)F)ccc1Cl)N(c1ccc2c(c1)OCCO2)S(C)(=O)=O. The summed E-state index contributed by atoms with van der Waals surface area (Å²) in [4.78, 5) is 12.8. The Morgan fingerprint density at radius 1 is 1.13 bits per heavy atom. The van der Waals surface area contributed by atoms with Gasteiger partial charge in [0.15, 0.2) is 11.5 Å². The van der Waals surface area contributed by atoms with Crippen molar-refractivity contribution in [2.24, 2.45) is 0 Å². The van der Waals surface area contributed by atoms with Crippen molar-refractivity contribution < 1.29 is 35.9 Å². The maximum atomic E-state index is 13.0. The van der Waals surface area contributed by atoms with Crippen molar-refractivity contribution in [2.75, 3.05) is 29.1 Å². The highest BCUT2D eigenvalue weighted by molar-refractivity contribution is 7.92. The number of rotatable bonds is 5. The molecule has 0 unspecified atom stereocenters. The van der Waals surface area contributed by atoms with Crippen LogP contribution in [0.1, 0.15) is 12.5 Å². The number of amides is 1. The van der Waals surface area contributed by atoms with Crippen LogP contribution in [-0.4, -0.2) is 39.8 Å². The Hall–Kier alpha value is -2.66. The lowest BCUT2D eigenvalue weighted by Crippen LogP contribution is -2.45. The average Bonchev–Trinajstić information content (AvgIpc) is 2.67. The van der Waals surface area contributed by atoms with E-state index < -0.39 is 33.7 Å². The Labute approximate surface area is 181 Å². The molecule has 2 aromatic rings. The van der Waals surface area contributed by atoms with E-state index in [1.807, 2.05) is 0 Å². The van der Waals surface area contributed by atoms with Crippen LogP contribution in [0, 0.1) is 0 Å². The first-order chi connectivity index (χ1) is 14.4. The third-order valence-corrected chi connectivity index (χ3v) is 5.99. The summed E-state index contributed by atoms with van der Waals surface area (Å²) in [5.41, 5.74) is -1.17. The van der Waals surface area contributed by atoms with E-state index in [9.17, 15) is 26.4 Å². The van der Waals surface area contributed by atoms with Gasteiger partial charge < -0.3 is 14.8 Å². The summed E-state index contributed by atoms with van der Waals surface area (Å²) in [7, 11) is -3.96. The lowest BCUT2D eigenvalue weighted by Gasteiger charge is -2.29. The van der Waals surface area contributed by atoms with Crippen molar-refractivity contribution in [3.05, 3.63) is 47.0 Å². The first-order valence-electron chi connectivity index (χ1n) is 8.94. The number of halogens is 4. The van der Waals surface area contributed by atoms with E-state index in [4.69, 9.17) is 21.1 Å². The predicted molar refractivity (Wildman–Crippen MR) is 109 cm³/mol. The van der Waals surface area contributed by atoms with Gasteiger partial charge in [0.25, 0.3) is 0 Å². The highest BCUT2D eigenvalue weighted by Gasteiger charge is 2.33. The van der Waals surface area contributed by atoms with Crippen molar-refractivity contribution in [1.29, 1.82) is 0 Å². The number of fused-ring (bicyclic) bond motifs is 1. The molecule has 0 saturated carbocycles. The molecule has 1 N–H and O–H groups in total. The Balaban J connectivity index is 1.91. The highest BCUT2D eigenvalue weighted by Crippen LogP contribution is 2.36. The van der Waals surface area contributed by atoms with Gasteiger partial charge in [-0.1, -0.05) is 11.6 Å². The molecule has 12 heteroatoms. The maximum Gasteiger partial charge on any atom is 0.416 e. The topological polar surface area (TPSA) is 84.9 Å². The fourth-order valence-corrected chi connectivity index (χ4v) is 4.34. The summed E-state index contributed by atoms with van der Waals surface area (Å²) in [6.45, 7) is 1.92. The molecule has 168 valence electrons. The number of ether oxygens (including phenoxy) is 2. The lowest BCUT2D eigenvalue weighted by atomic mass is 10.2. The number of hydrogen-bond acceptors (Lipinski definition) is 5. The van der Waals surface area contributed by atoms with E-state index in [0.29, 0.717) is 24.2 Å². The van der Waals surface area contributed by atoms with Crippen molar-refractivity contribution >= 4 is 38.9 Å². The van der Waals surface area contributed by atoms with Crippen LogP contribution in [-0.2, 0) is 21.0 Å². The average molecular weight is 479 g/mol. The molecule has 1 aliphatic rings. The Morgan fingerprint density at radius 2 is 1.77 bits per heavy atom. The summed E-state index contributed by atoms with van der Waals surface area (Å²) in [5, 5.41) is 2.15. The Kier molecular flexibility index (Phi) is 6.28. The fourth-order valence-electron chi connectivity index (χ4n) is 3.01. The van der Waals surface area contributed by atoms with Crippen LogP contribution < -0.4 is 19.1 Å². The molecular formula is C19H18ClF3N2O5S. The Morgan fingerprint density at radius 3 is 2.39 bits per heavy atom. The standard InChI is InChI=1S/C19H18ClF3N2O5S/c1-11(18(26)24-15-9-12(19(21,22)23)3-5-14(15)20)25(31(2,27)28)13-4-6-16-17(10-13)30-8-7-29-16/h3-6,9-11H,7-8H2,1-2H3,(H,24,26)/t11-/m1/s1. The van der Waals surface area contributed by atoms with Crippen LogP contribution in [0.2, 0.25) is 5.02 Å². The van der Waals surface area contributed by atoms with Gasteiger partial charge in [-0.15, -0.1) is 0 Å². The number of nitrogens with one attached hydrogen (secondary N) is 1. The zero-order valence-corrected chi connectivity index (χ0v) is 17.9. The molecule has 31 heavy (non-hydrogen) atoms. The molecule has 7 nitrogen and oxygen atoms in total. The quantitative estimate of drug-likeness (QED) is 0.704. The molecule has 2 aromatic carbocycles. The zero-order chi connectivity index (χ0) is 23.0. The summed E-state index contributed by atoms with van der Waals surface area (Å²) in [6.07, 6.45) is -3.73. The van der Waals surface area contributed by atoms with Crippen LogP contribution in [0.4, 0.5) is 24.5 Å². The summed E-state index contributed by atoms with van der Waals surface area (Å²) >= 11 is 5.92. The normalized spacial score (nSPS) is 14.6. The molecule has 0 aromatic heterocycles. The molecule has 1 heterocycles. The molecular weight excluding hydrogens is 461 g/mol. The Bertz CT molecular complexity index is 1110. The molecule has 0 aliphatic carbocycles. The summed E-state index contributed by atoms with van der Waals surface area (Å²) in [6, 6.07) is 5.51. The van der Waals surface area contributed by atoms with Gasteiger partial charge in [0, 0.05) is 6.07 Å². The second-order valence-electron chi connectivity index (χ2n) is 6.74. The van der Waals surface area contributed by atoms with Gasteiger partial charge in [0.1, 0.15) is 19.3 Å². The van der Waals surface area contributed by atoms with Crippen LogP contribution in [0.3, 0.4) is 0 Å². The third-order valence-electron chi connectivity index (χ3n) is 4.42. The second kappa shape index (κ2) is 8.46. The van der Waals surface area contributed by atoms with Crippen LogP contribution in [0.15, 0.2) is 36.4 Å². The first kappa shape index (κ1) is 23.0. The number of alkyl halides is 3. The van der Waals surface area contributed by atoms with Gasteiger partial charge in [-0.05, 0) is 37.3 Å². The van der Waals surface area contributed by atoms with Gasteiger partial charge in [-0.25, -0.2) is 8.42 Å². The van der Waals surface area contributed by atoms with E-state index in [0.717, 1.165) is 22.7 Å². The second-order valence-corrected chi connectivity index (χ2v) is 9.01. The van der Waals surface area contributed by atoms with Crippen molar-refractivity contribution in [2.45, 2.75) is 19.1 Å². The molecule has 1 atom stereocenters. The predicted octanol–water partition coefficient (Wildman–Crippen LogP) is 3.92. The van der Waals surface area contributed by atoms with E-state index in [1.165, 1.54) is 25.1 Å². The highest BCUT2D eigenvalue weighted by atomic mass is 35.5.